The van der Waals surface area contributed by atoms with Crippen LogP contribution in [0.2, 0.25) is 0 Å². The monoisotopic (exact) mass is 242 g/mol. The van der Waals surface area contributed by atoms with Crippen molar-refractivity contribution in [3.05, 3.63) is 29.6 Å². The fraction of sp³-hybridized carbons (Fsp3) is 0.333. The van der Waals surface area contributed by atoms with Crippen molar-refractivity contribution < 1.29 is 4.79 Å². The standard InChI is InChI=1S/C9H11BrN2O/c1-12(2)9(13)8-5-3-4-7(6-10)11-8/h3-5H,6H2,1-2H3. The van der Waals surface area contributed by atoms with E-state index in [2.05, 4.69) is 20.9 Å². The summed E-state index contributed by atoms with van der Waals surface area (Å²) in [5, 5.41) is 0.668. The molecule has 1 amide bonds. The van der Waals surface area contributed by atoms with E-state index < -0.39 is 0 Å². The van der Waals surface area contributed by atoms with E-state index in [0.29, 0.717) is 11.0 Å². The Kier molecular flexibility index (Phi) is 3.42. The first-order valence-corrected chi connectivity index (χ1v) is 5.01. The lowest BCUT2D eigenvalue weighted by atomic mass is 10.3. The van der Waals surface area contributed by atoms with Crippen LogP contribution >= 0.6 is 15.9 Å². The van der Waals surface area contributed by atoms with Gasteiger partial charge >= 0.3 is 0 Å². The molecule has 0 radical (unpaired) electrons. The number of hydrogen-bond acceptors (Lipinski definition) is 2. The third-order valence-electron chi connectivity index (χ3n) is 1.57. The molecule has 0 aliphatic carbocycles. The lowest BCUT2D eigenvalue weighted by Crippen LogP contribution is -2.22. The first-order chi connectivity index (χ1) is 6.15. The molecule has 0 saturated heterocycles. The lowest BCUT2D eigenvalue weighted by Gasteiger charge is -2.09. The van der Waals surface area contributed by atoms with Crippen LogP contribution < -0.4 is 0 Å². The summed E-state index contributed by atoms with van der Waals surface area (Å²) in [6.07, 6.45) is 0. The Hall–Kier alpha value is -0.900. The molecule has 1 aromatic rings. The van der Waals surface area contributed by atoms with Crippen LogP contribution in [0.25, 0.3) is 0 Å². The topological polar surface area (TPSA) is 33.2 Å². The molecule has 4 heteroatoms. The maximum Gasteiger partial charge on any atom is 0.271 e. The summed E-state index contributed by atoms with van der Waals surface area (Å²) in [5.74, 6) is -0.0669. The predicted molar refractivity (Wildman–Crippen MR) is 54.9 cm³/mol. The molecule has 0 spiro atoms. The van der Waals surface area contributed by atoms with Crippen LogP contribution in [-0.2, 0) is 5.33 Å². The Balaban J connectivity index is 2.95. The molecular formula is C9H11BrN2O. The zero-order valence-electron chi connectivity index (χ0n) is 7.62. The largest absolute Gasteiger partial charge is 0.343 e. The summed E-state index contributed by atoms with van der Waals surface area (Å²) in [7, 11) is 3.43. The Bertz CT molecular complexity index is 312. The Morgan fingerprint density at radius 3 is 2.77 bits per heavy atom. The Morgan fingerprint density at radius 2 is 2.23 bits per heavy atom. The number of halogens is 1. The molecule has 3 nitrogen and oxygen atoms in total. The number of hydrogen-bond donors (Lipinski definition) is 0. The molecule has 1 aromatic heterocycles. The minimum absolute atomic E-state index is 0.0669. The van der Waals surface area contributed by atoms with Crippen LogP contribution in [0.3, 0.4) is 0 Å². The fourth-order valence-electron chi connectivity index (χ4n) is 0.902. The van der Waals surface area contributed by atoms with Crippen LogP contribution in [0.5, 0.6) is 0 Å². The SMILES string of the molecule is CN(C)C(=O)c1cccc(CBr)n1. The predicted octanol–water partition coefficient (Wildman–Crippen LogP) is 1.68. The van der Waals surface area contributed by atoms with Crippen LogP contribution in [0.4, 0.5) is 0 Å². The molecule has 0 aliphatic heterocycles. The highest BCUT2D eigenvalue weighted by molar-refractivity contribution is 9.08. The molecule has 70 valence electrons. The molecule has 1 heterocycles. The molecule has 0 aliphatic rings. The molecule has 0 saturated carbocycles. The molecular weight excluding hydrogens is 232 g/mol. The van der Waals surface area contributed by atoms with E-state index in [0.717, 1.165) is 5.69 Å². The number of carbonyl (C=O) groups is 1. The summed E-state index contributed by atoms with van der Waals surface area (Å²) < 4.78 is 0. The molecule has 0 N–H and O–H groups in total. The zero-order valence-corrected chi connectivity index (χ0v) is 9.21. The first-order valence-electron chi connectivity index (χ1n) is 3.88. The van der Waals surface area contributed by atoms with Crippen molar-refractivity contribution >= 4 is 21.8 Å². The highest BCUT2D eigenvalue weighted by Gasteiger charge is 2.08. The minimum atomic E-state index is -0.0669. The van der Waals surface area contributed by atoms with Gasteiger partial charge in [-0.25, -0.2) is 4.98 Å². The lowest BCUT2D eigenvalue weighted by molar-refractivity contribution is 0.0822. The average Bonchev–Trinajstić information content (AvgIpc) is 2.16. The average molecular weight is 243 g/mol. The maximum absolute atomic E-state index is 11.5. The van der Waals surface area contributed by atoms with Crippen molar-refractivity contribution in [3.63, 3.8) is 0 Å². The number of alkyl halides is 1. The van der Waals surface area contributed by atoms with Crippen molar-refractivity contribution in [2.45, 2.75) is 5.33 Å². The van der Waals surface area contributed by atoms with E-state index in [1.54, 1.807) is 20.2 Å². The molecule has 0 fully saturated rings. The normalized spacial score (nSPS) is 9.77. The highest BCUT2D eigenvalue weighted by Crippen LogP contribution is 2.05. The van der Waals surface area contributed by atoms with Gasteiger partial charge in [-0.1, -0.05) is 22.0 Å². The number of nitrogens with zero attached hydrogens (tertiary/aromatic N) is 2. The van der Waals surface area contributed by atoms with Crippen molar-refractivity contribution in [3.8, 4) is 0 Å². The molecule has 1 rings (SSSR count). The Morgan fingerprint density at radius 1 is 1.54 bits per heavy atom. The van der Waals surface area contributed by atoms with Gasteiger partial charge in [-0.3, -0.25) is 4.79 Å². The molecule has 13 heavy (non-hydrogen) atoms. The molecule has 0 aromatic carbocycles. The summed E-state index contributed by atoms with van der Waals surface area (Å²) in [6, 6.07) is 5.43. The number of amides is 1. The third kappa shape index (κ3) is 2.52. The quantitative estimate of drug-likeness (QED) is 0.740. The van der Waals surface area contributed by atoms with Gasteiger partial charge in [-0.05, 0) is 12.1 Å². The van der Waals surface area contributed by atoms with Gasteiger partial charge in [-0.15, -0.1) is 0 Å². The summed E-state index contributed by atoms with van der Waals surface area (Å²) in [5.41, 5.74) is 1.36. The van der Waals surface area contributed by atoms with Gasteiger partial charge in [0.2, 0.25) is 0 Å². The summed E-state index contributed by atoms with van der Waals surface area (Å²) in [4.78, 5) is 17.1. The summed E-state index contributed by atoms with van der Waals surface area (Å²) >= 11 is 3.29. The van der Waals surface area contributed by atoms with E-state index in [4.69, 9.17) is 0 Å². The van der Waals surface area contributed by atoms with Gasteiger partial charge in [0.05, 0.1) is 5.69 Å². The second-order valence-corrected chi connectivity index (χ2v) is 3.41. The Labute approximate surface area is 85.9 Å². The van der Waals surface area contributed by atoms with Crippen LogP contribution in [0.1, 0.15) is 16.2 Å². The van der Waals surface area contributed by atoms with E-state index in [-0.39, 0.29) is 5.91 Å². The second kappa shape index (κ2) is 4.37. The van der Waals surface area contributed by atoms with Crippen LogP contribution in [0, 0.1) is 0 Å². The third-order valence-corrected chi connectivity index (χ3v) is 2.14. The molecule has 0 unspecified atom stereocenters. The van der Waals surface area contributed by atoms with Gasteiger partial charge in [0.1, 0.15) is 5.69 Å². The summed E-state index contributed by atoms with van der Waals surface area (Å²) in [6.45, 7) is 0. The number of aromatic nitrogens is 1. The fourth-order valence-corrected chi connectivity index (χ4v) is 1.21. The van der Waals surface area contributed by atoms with Crippen LogP contribution in [0.15, 0.2) is 18.2 Å². The van der Waals surface area contributed by atoms with Gasteiger partial charge in [0, 0.05) is 19.4 Å². The van der Waals surface area contributed by atoms with E-state index in [1.807, 2.05) is 12.1 Å². The van der Waals surface area contributed by atoms with Crippen molar-refractivity contribution in [1.29, 1.82) is 0 Å². The van der Waals surface area contributed by atoms with E-state index in [9.17, 15) is 4.79 Å². The number of carbonyl (C=O) groups excluding carboxylic acids is 1. The van der Waals surface area contributed by atoms with Gasteiger partial charge in [0.25, 0.3) is 5.91 Å². The van der Waals surface area contributed by atoms with Gasteiger partial charge < -0.3 is 4.90 Å². The van der Waals surface area contributed by atoms with Gasteiger partial charge in [-0.2, -0.15) is 0 Å². The van der Waals surface area contributed by atoms with Gasteiger partial charge in [0.15, 0.2) is 0 Å². The second-order valence-electron chi connectivity index (χ2n) is 2.85. The first kappa shape index (κ1) is 10.2. The molecule has 0 atom stereocenters. The molecule has 0 bridgehead atoms. The smallest absolute Gasteiger partial charge is 0.271 e. The maximum atomic E-state index is 11.5. The number of rotatable bonds is 2. The zero-order chi connectivity index (χ0) is 9.84. The van der Waals surface area contributed by atoms with E-state index >= 15 is 0 Å². The highest BCUT2D eigenvalue weighted by atomic mass is 79.9. The van der Waals surface area contributed by atoms with Crippen molar-refractivity contribution in [1.82, 2.24) is 9.88 Å². The minimum Gasteiger partial charge on any atom is -0.343 e. The number of pyridine rings is 1. The van der Waals surface area contributed by atoms with Crippen molar-refractivity contribution in [2.24, 2.45) is 0 Å². The van der Waals surface area contributed by atoms with E-state index in [1.165, 1.54) is 4.90 Å². The van der Waals surface area contributed by atoms with Crippen molar-refractivity contribution in [2.75, 3.05) is 14.1 Å². The van der Waals surface area contributed by atoms with Crippen LogP contribution in [-0.4, -0.2) is 29.9 Å².